The topological polar surface area (TPSA) is 59.9 Å². The zero-order valence-electron chi connectivity index (χ0n) is 14.9. The van der Waals surface area contributed by atoms with Crippen molar-refractivity contribution in [3.05, 3.63) is 66.7 Å². The van der Waals surface area contributed by atoms with Crippen molar-refractivity contribution in [3.63, 3.8) is 0 Å². The van der Waals surface area contributed by atoms with Gasteiger partial charge in [0.25, 0.3) is 0 Å². The average molecular weight is 360 g/mol. The molecule has 0 saturated heterocycles. The molecule has 0 aliphatic rings. The van der Waals surface area contributed by atoms with E-state index in [-0.39, 0.29) is 5.82 Å². The van der Waals surface area contributed by atoms with Gasteiger partial charge >= 0.3 is 0 Å². The number of anilines is 1. The Morgan fingerprint density at radius 2 is 1.89 bits per heavy atom. The molecule has 0 spiro atoms. The van der Waals surface area contributed by atoms with Gasteiger partial charge in [-0.25, -0.2) is 14.4 Å². The third-order valence-electron chi connectivity index (χ3n) is 4.33. The van der Waals surface area contributed by atoms with Crippen molar-refractivity contribution < 1.29 is 9.13 Å². The van der Waals surface area contributed by atoms with E-state index in [4.69, 9.17) is 9.72 Å². The Morgan fingerprint density at radius 1 is 1.00 bits per heavy atom. The number of hydrogen-bond acceptors (Lipinski definition) is 5. The molecule has 0 fully saturated rings. The number of fused-ring (bicyclic) bond motifs is 1. The minimum Gasteiger partial charge on any atom is -0.496 e. The predicted molar refractivity (Wildman–Crippen MR) is 104 cm³/mol. The molecule has 0 radical (unpaired) electrons. The lowest BCUT2D eigenvalue weighted by Gasteiger charge is -2.12. The molecule has 1 N–H and O–H groups in total. The zero-order chi connectivity index (χ0) is 18.8. The van der Waals surface area contributed by atoms with Crippen molar-refractivity contribution in [2.24, 2.45) is 0 Å². The standard InChI is InChI=1S/C21H17FN4O/c1-23-21-16-7-5-13(17-11-15(22)6-8-19(17)27-2)10-18(16)25-20(26-21)14-4-3-9-24-12-14/h3-12H,1-2H3,(H,23,25,26). The Bertz CT molecular complexity index is 1120. The lowest BCUT2D eigenvalue weighted by molar-refractivity contribution is 0.415. The normalized spacial score (nSPS) is 10.8. The molecule has 0 bridgehead atoms. The van der Waals surface area contributed by atoms with E-state index < -0.39 is 0 Å². The van der Waals surface area contributed by atoms with E-state index in [0.717, 1.165) is 27.8 Å². The Balaban J connectivity index is 1.93. The van der Waals surface area contributed by atoms with Crippen LogP contribution in [0.4, 0.5) is 10.2 Å². The summed E-state index contributed by atoms with van der Waals surface area (Å²) in [5, 5.41) is 3.99. The molecule has 2 heterocycles. The van der Waals surface area contributed by atoms with Crippen LogP contribution in [0.25, 0.3) is 33.4 Å². The lowest BCUT2D eigenvalue weighted by Crippen LogP contribution is -1.99. The quantitative estimate of drug-likeness (QED) is 0.579. The molecule has 2 aromatic heterocycles. The maximum absolute atomic E-state index is 13.8. The molecule has 0 saturated carbocycles. The Hall–Kier alpha value is -3.54. The summed E-state index contributed by atoms with van der Waals surface area (Å²) in [7, 11) is 3.39. The number of rotatable bonds is 4. The summed E-state index contributed by atoms with van der Waals surface area (Å²) in [6.07, 6.45) is 3.43. The smallest absolute Gasteiger partial charge is 0.163 e. The number of pyridine rings is 1. The van der Waals surface area contributed by atoms with Crippen LogP contribution >= 0.6 is 0 Å². The number of hydrogen-bond donors (Lipinski definition) is 1. The van der Waals surface area contributed by atoms with Gasteiger partial charge in [-0.2, -0.15) is 0 Å². The molecular weight excluding hydrogens is 343 g/mol. The van der Waals surface area contributed by atoms with Crippen LogP contribution in [-0.2, 0) is 0 Å². The van der Waals surface area contributed by atoms with Gasteiger partial charge in [-0.15, -0.1) is 0 Å². The van der Waals surface area contributed by atoms with Gasteiger partial charge in [-0.3, -0.25) is 4.98 Å². The van der Waals surface area contributed by atoms with E-state index in [1.165, 1.54) is 12.1 Å². The molecule has 5 nitrogen and oxygen atoms in total. The van der Waals surface area contributed by atoms with Crippen molar-refractivity contribution in [1.82, 2.24) is 15.0 Å². The second-order valence-electron chi connectivity index (χ2n) is 5.96. The Labute approximate surface area is 155 Å². The van der Waals surface area contributed by atoms with E-state index in [2.05, 4.69) is 15.3 Å². The number of nitrogens with one attached hydrogen (secondary N) is 1. The van der Waals surface area contributed by atoms with Gasteiger partial charge in [0.2, 0.25) is 0 Å². The molecule has 4 rings (SSSR count). The number of aromatic nitrogens is 3. The molecule has 2 aromatic carbocycles. The maximum atomic E-state index is 13.8. The van der Waals surface area contributed by atoms with Crippen molar-refractivity contribution in [2.75, 3.05) is 19.5 Å². The second kappa shape index (κ2) is 6.99. The van der Waals surface area contributed by atoms with Crippen molar-refractivity contribution >= 4 is 16.7 Å². The van der Waals surface area contributed by atoms with Gasteiger partial charge in [-0.05, 0) is 48.0 Å². The van der Waals surface area contributed by atoms with Gasteiger partial charge in [0.1, 0.15) is 17.4 Å². The third-order valence-corrected chi connectivity index (χ3v) is 4.33. The van der Waals surface area contributed by atoms with Gasteiger partial charge in [0.15, 0.2) is 5.82 Å². The highest BCUT2D eigenvalue weighted by atomic mass is 19.1. The van der Waals surface area contributed by atoms with Crippen LogP contribution in [-0.4, -0.2) is 29.1 Å². The van der Waals surface area contributed by atoms with Gasteiger partial charge < -0.3 is 10.1 Å². The van der Waals surface area contributed by atoms with Crippen LogP contribution in [0.15, 0.2) is 60.9 Å². The molecule has 27 heavy (non-hydrogen) atoms. The first kappa shape index (κ1) is 16.9. The van der Waals surface area contributed by atoms with E-state index in [1.807, 2.05) is 37.4 Å². The largest absolute Gasteiger partial charge is 0.496 e. The summed E-state index contributed by atoms with van der Waals surface area (Å²) < 4.78 is 19.2. The number of halogens is 1. The summed E-state index contributed by atoms with van der Waals surface area (Å²) >= 11 is 0. The zero-order valence-corrected chi connectivity index (χ0v) is 14.9. The molecule has 0 amide bonds. The van der Waals surface area contributed by atoms with Crippen LogP contribution in [0.2, 0.25) is 0 Å². The Kier molecular flexibility index (Phi) is 4.38. The SMILES string of the molecule is CNc1nc(-c2cccnc2)nc2cc(-c3cc(F)ccc3OC)ccc12. The first-order valence-electron chi connectivity index (χ1n) is 8.43. The minimum atomic E-state index is -0.319. The molecule has 4 aromatic rings. The van der Waals surface area contributed by atoms with E-state index >= 15 is 0 Å². The molecule has 0 aliphatic heterocycles. The molecule has 134 valence electrons. The van der Waals surface area contributed by atoms with Gasteiger partial charge in [-0.1, -0.05) is 6.07 Å². The molecule has 6 heteroatoms. The molecule has 0 atom stereocenters. The second-order valence-corrected chi connectivity index (χ2v) is 5.96. The fraction of sp³-hybridized carbons (Fsp3) is 0.0952. The molecular formula is C21H17FN4O. The number of nitrogens with zero attached hydrogens (tertiary/aromatic N) is 3. The van der Waals surface area contributed by atoms with Crippen LogP contribution in [0.3, 0.4) is 0 Å². The lowest BCUT2D eigenvalue weighted by atomic mass is 10.0. The third kappa shape index (κ3) is 3.17. The fourth-order valence-corrected chi connectivity index (χ4v) is 3.02. The molecule has 0 unspecified atom stereocenters. The Morgan fingerprint density at radius 3 is 2.63 bits per heavy atom. The highest BCUT2D eigenvalue weighted by molar-refractivity contribution is 5.93. The number of ether oxygens (including phenoxy) is 1. The summed E-state index contributed by atoms with van der Waals surface area (Å²) in [5.74, 6) is 1.58. The monoisotopic (exact) mass is 360 g/mol. The highest BCUT2D eigenvalue weighted by Gasteiger charge is 2.12. The predicted octanol–water partition coefficient (Wildman–Crippen LogP) is 4.55. The van der Waals surface area contributed by atoms with Crippen LogP contribution in [0, 0.1) is 5.82 Å². The van der Waals surface area contributed by atoms with Crippen molar-refractivity contribution in [2.45, 2.75) is 0 Å². The van der Waals surface area contributed by atoms with E-state index in [1.54, 1.807) is 25.6 Å². The first-order valence-corrected chi connectivity index (χ1v) is 8.43. The van der Waals surface area contributed by atoms with Crippen molar-refractivity contribution in [1.29, 1.82) is 0 Å². The minimum absolute atomic E-state index is 0.319. The van der Waals surface area contributed by atoms with Gasteiger partial charge in [0, 0.05) is 36.0 Å². The van der Waals surface area contributed by atoms with Crippen molar-refractivity contribution in [3.8, 4) is 28.3 Å². The van der Waals surface area contributed by atoms with Crippen LogP contribution in [0.5, 0.6) is 5.75 Å². The molecule has 0 aliphatic carbocycles. The summed E-state index contributed by atoms with van der Waals surface area (Å²) in [5.41, 5.74) is 3.06. The number of benzene rings is 2. The summed E-state index contributed by atoms with van der Waals surface area (Å²) in [6, 6.07) is 14.0. The van der Waals surface area contributed by atoms with Crippen LogP contribution < -0.4 is 10.1 Å². The summed E-state index contributed by atoms with van der Waals surface area (Å²) in [6.45, 7) is 0. The fourth-order valence-electron chi connectivity index (χ4n) is 3.02. The van der Waals surface area contributed by atoms with E-state index in [0.29, 0.717) is 17.1 Å². The van der Waals surface area contributed by atoms with E-state index in [9.17, 15) is 4.39 Å². The number of methoxy groups -OCH3 is 1. The summed E-state index contributed by atoms with van der Waals surface area (Å²) in [4.78, 5) is 13.4. The maximum Gasteiger partial charge on any atom is 0.163 e. The van der Waals surface area contributed by atoms with Crippen LogP contribution in [0.1, 0.15) is 0 Å². The highest BCUT2D eigenvalue weighted by Crippen LogP contribution is 2.34. The first-order chi connectivity index (χ1) is 13.2. The van der Waals surface area contributed by atoms with Gasteiger partial charge in [0.05, 0.1) is 12.6 Å². The average Bonchev–Trinajstić information content (AvgIpc) is 2.73.